The number of carbonyl (C=O) groups excluding carboxylic acids is 2. The quantitative estimate of drug-likeness (QED) is 0.365. The SMILES string of the molecule is CC[C@@H](N=C(N)N=C(Nc1ccc(Cl)c(C)c1)C(=N)C(N)=O)C(N)=O. The van der Waals surface area contributed by atoms with Gasteiger partial charge in [-0.15, -0.1) is 0 Å². The average Bonchev–Trinajstić information content (AvgIpc) is 2.54. The molecule has 0 aromatic heterocycles. The van der Waals surface area contributed by atoms with Crippen molar-refractivity contribution >= 4 is 46.6 Å². The molecular weight excluding hydrogens is 346 g/mol. The van der Waals surface area contributed by atoms with Crippen LogP contribution in [0.5, 0.6) is 0 Å². The minimum atomic E-state index is -1.01. The fraction of sp³-hybridized carbons (Fsp3) is 0.267. The van der Waals surface area contributed by atoms with Gasteiger partial charge < -0.3 is 22.5 Å². The zero-order valence-corrected chi connectivity index (χ0v) is 14.6. The van der Waals surface area contributed by atoms with Gasteiger partial charge in [-0.2, -0.15) is 4.99 Å². The third-order valence-electron chi connectivity index (χ3n) is 3.13. The minimum absolute atomic E-state index is 0.213. The number of hydrogen-bond acceptors (Lipinski definition) is 4. The Morgan fingerprint density at radius 3 is 2.44 bits per heavy atom. The Labute approximate surface area is 149 Å². The number of guanidine groups is 1. The van der Waals surface area contributed by atoms with Crippen molar-refractivity contribution < 1.29 is 9.59 Å². The van der Waals surface area contributed by atoms with E-state index in [2.05, 4.69) is 15.3 Å². The van der Waals surface area contributed by atoms with Crippen molar-refractivity contribution in [2.75, 3.05) is 5.32 Å². The van der Waals surface area contributed by atoms with Gasteiger partial charge in [0, 0.05) is 10.7 Å². The number of hydrogen-bond donors (Lipinski definition) is 5. The lowest BCUT2D eigenvalue weighted by Gasteiger charge is -2.11. The number of amidine groups is 1. The standard InChI is InChI=1S/C15H20ClN7O2/c1-3-10(12(18)24)22-15(20)23-14(11(17)13(19)25)21-8-4-5-9(16)7(2)6-8/h4-6,10,17H,3H2,1-2H3,(H2,18,24)(H2,19,25)(H3,20,21,22,23)/t10-/m1/s1. The predicted octanol–water partition coefficient (Wildman–Crippen LogP) is 0.542. The van der Waals surface area contributed by atoms with E-state index in [1.807, 2.05) is 0 Å². The zero-order chi connectivity index (χ0) is 19.1. The molecule has 2 amide bonds. The van der Waals surface area contributed by atoms with Crippen LogP contribution in [0.4, 0.5) is 5.69 Å². The molecule has 0 aliphatic carbocycles. The zero-order valence-electron chi connectivity index (χ0n) is 13.8. The Balaban J connectivity index is 3.21. The lowest BCUT2D eigenvalue weighted by molar-refractivity contribution is -0.119. The molecule has 134 valence electrons. The van der Waals surface area contributed by atoms with Crippen LogP contribution in [0.25, 0.3) is 0 Å². The monoisotopic (exact) mass is 365 g/mol. The van der Waals surface area contributed by atoms with Gasteiger partial charge in [0.15, 0.2) is 11.5 Å². The molecule has 9 nitrogen and oxygen atoms in total. The van der Waals surface area contributed by atoms with E-state index >= 15 is 0 Å². The molecule has 25 heavy (non-hydrogen) atoms. The second kappa shape index (κ2) is 8.78. The van der Waals surface area contributed by atoms with Crippen molar-refractivity contribution in [3.63, 3.8) is 0 Å². The molecule has 0 saturated heterocycles. The number of nitrogens with zero attached hydrogens (tertiary/aromatic N) is 2. The lowest BCUT2D eigenvalue weighted by atomic mass is 10.2. The van der Waals surface area contributed by atoms with Crippen molar-refractivity contribution in [2.24, 2.45) is 27.2 Å². The van der Waals surface area contributed by atoms with Gasteiger partial charge in [0.25, 0.3) is 5.91 Å². The number of nitrogens with two attached hydrogens (primary N) is 3. The number of halogens is 1. The molecule has 1 aromatic carbocycles. The molecule has 1 aromatic rings. The van der Waals surface area contributed by atoms with Crippen molar-refractivity contribution in [2.45, 2.75) is 26.3 Å². The Morgan fingerprint density at radius 2 is 1.96 bits per heavy atom. The third kappa shape index (κ3) is 5.88. The Kier molecular flexibility index (Phi) is 7.06. The molecular formula is C15H20ClN7O2. The van der Waals surface area contributed by atoms with E-state index in [1.165, 1.54) is 0 Å². The van der Waals surface area contributed by atoms with Crippen molar-refractivity contribution in [3.8, 4) is 0 Å². The summed E-state index contributed by atoms with van der Waals surface area (Å²) in [4.78, 5) is 30.3. The lowest BCUT2D eigenvalue weighted by Crippen LogP contribution is -2.36. The van der Waals surface area contributed by atoms with Gasteiger partial charge in [0.1, 0.15) is 6.04 Å². The number of rotatable bonds is 6. The van der Waals surface area contributed by atoms with E-state index in [4.69, 9.17) is 34.2 Å². The van der Waals surface area contributed by atoms with Gasteiger partial charge in [-0.1, -0.05) is 18.5 Å². The maximum Gasteiger partial charge on any atom is 0.270 e. The molecule has 0 radical (unpaired) electrons. The van der Waals surface area contributed by atoms with Crippen LogP contribution >= 0.6 is 11.6 Å². The maximum absolute atomic E-state index is 11.3. The minimum Gasteiger partial charge on any atom is -0.368 e. The van der Waals surface area contributed by atoms with Crippen molar-refractivity contribution in [1.82, 2.24) is 0 Å². The van der Waals surface area contributed by atoms with Gasteiger partial charge in [0.05, 0.1) is 0 Å². The predicted molar refractivity (Wildman–Crippen MR) is 99.1 cm³/mol. The van der Waals surface area contributed by atoms with Crippen LogP contribution in [0.3, 0.4) is 0 Å². The summed E-state index contributed by atoms with van der Waals surface area (Å²) in [6.07, 6.45) is 0.331. The van der Waals surface area contributed by atoms with E-state index < -0.39 is 23.6 Å². The van der Waals surface area contributed by atoms with E-state index in [0.717, 1.165) is 5.56 Å². The second-order valence-electron chi connectivity index (χ2n) is 5.10. The number of aliphatic imine (C=N–C) groups is 2. The molecule has 0 saturated carbocycles. The van der Waals surface area contributed by atoms with Crippen molar-refractivity contribution in [1.29, 1.82) is 5.41 Å². The van der Waals surface area contributed by atoms with Gasteiger partial charge in [-0.3, -0.25) is 15.0 Å². The average molecular weight is 366 g/mol. The first-order valence-corrected chi connectivity index (χ1v) is 7.66. The Hall–Kier alpha value is -2.94. The normalized spacial score (nSPS) is 13.2. The number of amides is 2. The molecule has 0 bridgehead atoms. The summed E-state index contributed by atoms with van der Waals surface area (Å²) in [5.41, 5.74) is 16.7. The molecule has 0 spiro atoms. The molecule has 0 aliphatic heterocycles. The fourth-order valence-electron chi connectivity index (χ4n) is 1.78. The topological polar surface area (TPSA) is 173 Å². The van der Waals surface area contributed by atoms with Crippen molar-refractivity contribution in [3.05, 3.63) is 28.8 Å². The Morgan fingerprint density at radius 1 is 1.32 bits per heavy atom. The van der Waals surface area contributed by atoms with Crippen LogP contribution in [0, 0.1) is 12.3 Å². The summed E-state index contributed by atoms with van der Waals surface area (Å²) in [5, 5.41) is 11.1. The number of nitrogens with one attached hydrogen (secondary N) is 2. The molecule has 0 unspecified atom stereocenters. The van der Waals surface area contributed by atoms with Gasteiger partial charge >= 0.3 is 0 Å². The summed E-state index contributed by atoms with van der Waals surface area (Å²) >= 11 is 5.96. The maximum atomic E-state index is 11.3. The molecule has 1 atom stereocenters. The van der Waals surface area contributed by atoms with Crippen LogP contribution in [0.15, 0.2) is 28.2 Å². The molecule has 0 heterocycles. The largest absolute Gasteiger partial charge is 0.368 e. The molecule has 1 rings (SSSR count). The highest BCUT2D eigenvalue weighted by Crippen LogP contribution is 2.19. The van der Waals surface area contributed by atoms with E-state index in [1.54, 1.807) is 32.0 Å². The van der Waals surface area contributed by atoms with E-state index in [-0.39, 0.29) is 11.8 Å². The third-order valence-corrected chi connectivity index (χ3v) is 3.56. The van der Waals surface area contributed by atoms with E-state index in [0.29, 0.717) is 17.1 Å². The smallest absolute Gasteiger partial charge is 0.270 e. The summed E-state index contributed by atoms with van der Waals surface area (Å²) in [6, 6.07) is 4.11. The summed E-state index contributed by atoms with van der Waals surface area (Å²) in [7, 11) is 0. The van der Waals surface area contributed by atoms with Crippen LogP contribution in [0.1, 0.15) is 18.9 Å². The van der Waals surface area contributed by atoms with Crippen LogP contribution in [0.2, 0.25) is 5.02 Å². The number of anilines is 1. The van der Waals surface area contributed by atoms with E-state index in [9.17, 15) is 9.59 Å². The molecule has 0 fully saturated rings. The number of primary amides is 2. The number of benzene rings is 1. The highest BCUT2D eigenvalue weighted by molar-refractivity contribution is 6.67. The van der Waals surface area contributed by atoms with Crippen LogP contribution < -0.4 is 22.5 Å². The molecule has 8 N–H and O–H groups in total. The highest BCUT2D eigenvalue weighted by atomic mass is 35.5. The number of aryl methyl sites for hydroxylation is 1. The number of carbonyl (C=O) groups is 2. The summed E-state index contributed by atoms with van der Waals surface area (Å²) < 4.78 is 0. The summed E-state index contributed by atoms with van der Waals surface area (Å²) in [5.74, 6) is -2.19. The first kappa shape index (κ1) is 20.1. The Bertz CT molecular complexity index is 758. The summed E-state index contributed by atoms with van der Waals surface area (Å²) in [6.45, 7) is 3.50. The first-order chi connectivity index (χ1) is 11.6. The van der Waals surface area contributed by atoms with Gasteiger partial charge in [-0.05, 0) is 37.1 Å². The highest BCUT2D eigenvalue weighted by Gasteiger charge is 2.16. The molecule has 10 heteroatoms. The van der Waals surface area contributed by atoms with Gasteiger partial charge in [-0.25, -0.2) is 4.99 Å². The van der Waals surface area contributed by atoms with Crippen LogP contribution in [-0.4, -0.2) is 35.4 Å². The molecule has 0 aliphatic rings. The van der Waals surface area contributed by atoms with Gasteiger partial charge in [0.2, 0.25) is 11.9 Å². The van der Waals surface area contributed by atoms with Crippen LogP contribution in [-0.2, 0) is 9.59 Å². The fourth-order valence-corrected chi connectivity index (χ4v) is 1.90. The first-order valence-electron chi connectivity index (χ1n) is 7.28. The second-order valence-corrected chi connectivity index (χ2v) is 5.51.